The zero-order chi connectivity index (χ0) is 11.7. The summed E-state index contributed by atoms with van der Waals surface area (Å²) in [5.74, 6) is 0. The highest BCUT2D eigenvalue weighted by Gasteiger charge is 2.20. The molecule has 1 saturated heterocycles. The van der Waals surface area contributed by atoms with Crippen molar-refractivity contribution in [2.24, 2.45) is 0 Å². The second-order valence-corrected chi connectivity index (χ2v) is 5.04. The van der Waals surface area contributed by atoms with Gasteiger partial charge in [-0.15, -0.1) is 16.7 Å². The third-order valence-corrected chi connectivity index (χ3v) is 3.50. The van der Waals surface area contributed by atoms with Crippen molar-refractivity contribution >= 4 is 17.3 Å². The van der Waals surface area contributed by atoms with Crippen LogP contribution in [-0.2, 0) is 0 Å². The van der Waals surface area contributed by atoms with Crippen molar-refractivity contribution in [2.45, 2.75) is 30.7 Å². The van der Waals surface area contributed by atoms with Crippen molar-refractivity contribution in [3.05, 3.63) is 30.1 Å². The summed E-state index contributed by atoms with van der Waals surface area (Å²) >= 11 is 6.09. The standard InChI is InChI=1S/C12H15ClN4/c13-9-3-1-4-10(7-9)17-8-12(15-16-17)11-5-2-6-14-11/h1,4,7-9,11,14H,2-3,5-6H2/t9?,11-/m1/s1. The fourth-order valence-electron chi connectivity index (χ4n) is 2.28. The largest absolute Gasteiger partial charge is 0.309 e. The maximum absolute atomic E-state index is 6.09. The molecule has 0 saturated carbocycles. The van der Waals surface area contributed by atoms with Crippen molar-refractivity contribution < 1.29 is 0 Å². The van der Waals surface area contributed by atoms with Crippen molar-refractivity contribution in [1.29, 1.82) is 0 Å². The monoisotopic (exact) mass is 250 g/mol. The molecule has 1 N–H and O–H groups in total. The number of hydrogen-bond donors (Lipinski definition) is 1. The van der Waals surface area contributed by atoms with Crippen molar-refractivity contribution in [1.82, 2.24) is 20.3 Å². The van der Waals surface area contributed by atoms with Gasteiger partial charge >= 0.3 is 0 Å². The van der Waals surface area contributed by atoms with E-state index in [1.54, 1.807) is 4.68 Å². The van der Waals surface area contributed by atoms with Gasteiger partial charge in [-0.2, -0.15) is 0 Å². The molecule has 1 fully saturated rings. The number of hydrogen-bond acceptors (Lipinski definition) is 3. The third kappa shape index (κ3) is 2.28. The maximum atomic E-state index is 6.09. The molecule has 90 valence electrons. The van der Waals surface area contributed by atoms with Gasteiger partial charge in [-0.3, -0.25) is 0 Å². The number of allylic oxidation sites excluding steroid dienone is 4. The van der Waals surface area contributed by atoms with Crippen molar-refractivity contribution in [3.63, 3.8) is 0 Å². The van der Waals surface area contributed by atoms with E-state index in [4.69, 9.17) is 11.6 Å². The maximum Gasteiger partial charge on any atom is 0.100 e. The van der Waals surface area contributed by atoms with Crippen LogP contribution in [0.15, 0.2) is 24.4 Å². The van der Waals surface area contributed by atoms with E-state index >= 15 is 0 Å². The lowest BCUT2D eigenvalue weighted by Gasteiger charge is -2.10. The van der Waals surface area contributed by atoms with Gasteiger partial charge in [0.15, 0.2) is 0 Å². The van der Waals surface area contributed by atoms with E-state index in [1.165, 1.54) is 6.42 Å². The Labute approximate surface area is 105 Å². The van der Waals surface area contributed by atoms with Gasteiger partial charge in [0.2, 0.25) is 0 Å². The van der Waals surface area contributed by atoms with Gasteiger partial charge in [-0.05, 0) is 38.0 Å². The van der Waals surface area contributed by atoms with Crippen LogP contribution in [0.5, 0.6) is 0 Å². The molecule has 0 amide bonds. The first-order valence-corrected chi connectivity index (χ1v) is 6.45. The summed E-state index contributed by atoms with van der Waals surface area (Å²) in [6.45, 7) is 1.07. The molecule has 17 heavy (non-hydrogen) atoms. The normalized spacial score (nSPS) is 28.4. The molecule has 0 radical (unpaired) electrons. The van der Waals surface area contributed by atoms with E-state index in [1.807, 2.05) is 18.3 Å². The van der Waals surface area contributed by atoms with Crippen LogP contribution >= 0.6 is 11.6 Å². The zero-order valence-electron chi connectivity index (χ0n) is 9.51. The molecule has 2 aliphatic rings. The Bertz CT molecular complexity index is 457. The molecule has 1 aromatic heterocycles. The molecule has 1 aliphatic carbocycles. The fraction of sp³-hybridized carbons (Fsp3) is 0.500. The number of alkyl halides is 1. The Morgan fingerprint density at radius 2 is 2.41 bits per heavy atom. The van der Waals surface area contributed by atoms with Crippen molar-refractivity contribution in [2.75, 3.05) is 6.54 Å². The lowest BCUT2D eigenvalue weighted by Crippen LogP contribution is -2.13. The Hall–Kier alpha value is -1.13. The molecule has 0 bridgehead atoms. The van der Waals surface area contributed by atoms with Crippen LogP contribution < -0.4 is 5.32 Å². The van der Waals surface area contributed by atoms with Gasteiger partial charge < -0.3 is 5.32 Å². The second kappa shape index (κ2) is 4.63. The number of nitrogens with zero attached hydrogens (tertiary/aromatic N) is 3. The summed E-state index contributed by atoms with van der Waals surface area (Å²) in [5.41, 5.74) is 2.03. The first kappa shape index (κ1) is 11.0. The van der Waals surface area contributed by atoms with E-state index in [0.29, 0.717) is 6.04 Å². The van der Waals surface area contributed by atoms with Crippen LogP contribution in [0.25, 0.3) is 5.70 Å². The average Bonchev–Trinajstić information content (AvgIpc) is 3.00. The lowest BCUT2D eigenvalue weighted by molar-refractivity contribution is 0.625. The Morgan fingerprint density at radius 3 is 3.18 bits per heavy atom. The predicted octanol–water partition coefficient (Wildman–Crippen LogP) is 2.11. The van der Waals surface area contributed by atoms with Crippen LogP contribution in [0.4, 0.5) is 0 Å². The molecular weight excluding hydrogens is 236 g/mol. The molecular formula is C12H15ClN4. The number of nitrogens with one attached hydrogen (secondary N) is 1. The number of rotatable bonds is 2. The van der Waals surface area contributed by atoms with E-state index in [-0.39, 0.29) is 5.38 Å². The summed E-state index contributed by atoms with van der Waals surface area (Å²) in [7, 11) is 0. The van der Waals surface area contributed by atoms with E-state index in [9.17, 15) is 0 Å². The molecule has 2 heterocycles. The van der Waals surface area contributed by atoms with Gasteiger partial charge in [-0.1, -0.05) is 11.3 Å². The number of halogens is 1. The molecule has 0 spiro atoms. The van der Waals surface area contributed by atoms with Crippen LogP contribution in [0, 0.1) is 0 Å². The highest BCUT2D eigenvalue weighted by molar-refractivity contribution is 6.22. The predicted molar refractivity (Wildman–Crippen MR) is 67.7 cm³/mol. The Balaban J connectivity index is 1.82. The van der Waals surface area contributed by atoms with E-state index in [2.05, 4.69) is 21.7 Å². The first-order valence-electron chi connectivity index (χ1n) is 6.01. The minimum atomic E-state index is 0.0623. The zero-order valence-corrected chi connectivity index (χ0v) is 10.3. The summed E-state index contributed by atoms with van der Waals surface area (Å²) in [6.07, 6.45) is 11.4. The van der Waals surface area contributed by atoms with Crippen LogP contribution in [0.1, 0.15) is 31.0 Å². The van der Waals surface area contributed by atoms with Gasteiger partial charge in [0.05, 0.1) is 23.3 Å². The van der Waals surface area contributed by atoms with E-state index < -0.39 is 0 Å². The smallest absolute Gasteiger partial charge is 0.100 e. The van der Waals surface area contributed by atoms with Crippen LogP contribution in [0.2, 0.25) is 0 Å². The summed E-state index contributed by atoms with van der Waals surface area (Å²) in [5, 5.41) is 11.9. The Morgan fingerprint density at radius 1 is 1.47 bits per heavy atom. The lowest BCUT2D eigenvalue weighted by atomic mass is 10.1. The third-order valence-electron chi connectivity index (χ3n) is 3.19. The average molecular weight is 251 g/mol. The second-order valence-electron chi connectivity index (χ2n) is 4.48. The van der Waals surface area contributed by atoms with Gasteiger partial charge in [-0.25, -0.2) is 4.68 Å². The van der Waals surface area contributed by atoms with Gasteiger partial charge in [0, 0.05) is 0 Å². The Kier molecular flexibility index (Phi) is 2.99. The molecule has 0 aromatic carbocycles. The molecule has 1 aromatic rings. The topological polar surface area (TPSA) is 42.7 Å². The minimum Gasteiger partial charge on any atom is -0.309 e. The highest BCUT2D eigenvalue weighted by Crippen LogP contribution is 2.23. The molecule has 3 rings (SSSR count). The minimum absolute atomic E-state index is 0.0623. The van der Waals surface area contributed by atoms with Crippen LogP contribution in [-0.4, -0.2) is 26.9 Å². The summed E-state index contributed by atoms with van der Waals surface area (Å²) in [6, 6.07) is 0.365. The molecule has 2 atom stereocenters. The first-order chi connectivity index (χ1) is 8.33. The van der Waals surface area contributed by atoms with Crippen molar-refractivity contribution in [3.8, 4) is 0 Å². The summed E-state index contributed by atoms with van der Waals surface area (Å²) in [4.78, 5) is 0. The van der Waals surface area contributed by atoms with Crippen LogP contribution in [0.3, 0.4) is 0 Å². The summed E-state index contributed by atoms with van der Waals surface area (Å²) < 4.78 is 1.81. The molecule has 4 nitrogen and oxygen atoms in total. The highest BCUT2D eigenvalue weighted by atomic mass is 35.5. The molecule has 1 aliphatic heterocycles. The molecule has 5 heteroatoms. The van der Waals surface area contributed by atoms with Gasteiger partial charge in [0.1, 0.15) is 5.69 Å². The molecule has 1 unspecified atom stereocenters. The van der Waals surface area contributed by atoms with E-state index in [0.717, 1.165) is 30.8 Å². The number of aromatic nitrogens is 3. The van der Waals surface area contributed by atoms with Gasteiger partial charge in [0.25, 0.3) is 0 Å². The quantitative estimate of drug-likeness (QED) is 0.818. The fourth-order valence-corrected chi connectivity index (χ4v) is 2.51. The SMILES string of the molecule is ClC1C=C(n2cc([C@H]3CCCN3)nn2)C=CC1.